The maximum atomic E-state index is 12.4. The normalized spacial score (nSPS) is 14.6. The first-order valence-electron chi connectivity index (χ1n) is 8.46. The Morgan fingerprint density at radius 3 is 2.52 bits per heavy atom. The molecule has 2 heterocycles. The van der Waals surface area contributed by atoms with E-state index in [-0.39, 0.29) is 5.91 Å². The summed E-state index contributed by atoms with van der Waals surface area (Å²) in [5, 5.41) is 2.95. The van der Waals surface area contributed by atoms with E-state index in [4.69, 9.17) is 0 Å². The van der Waals surface area contributed by atoms with Crippen LogP contribution in [0.2, 0.25) is 0 Å². The maximum Gasteiger partial charge on any atom is 0.256 e. The fourth-order valence-corrected chi connectivity index (χ4v) is 3.45. The van der Waals surface area contributed by atoms with Crippen molar-refractivity contribution in [1.29, 1.82) is 0 Å². The van der Waals surface area contributed by atoms with Crippen LogP contribution >= 0.6 is 0 Å². The molecule has 4 rings (SSSR count). The van der Waals surface area contributed by atoms with Crippen LogP contribution in [0.25, 0.3) is 11.6 Å². The zero-order chi connectivity index (χ0) is 17.4. The number of hydrogen-bond acceptors (Lipinski definition) is 1. The number of carbonyl (C=O) groups excluding carboxylic acids is 1. The zero-order valence-electron chi connectivity index (χ0n) is 14.4. The van der Waals surface area contributed by atoms with E-state index in [0.717, 1.165) is 29.1 Å². The van der Waals surface area contributed by atoms with Gasteiger partial charge in [0.1, 0.15) is 0 Å². The van der Waals surface area contributed by atoms with E-state index >= 15 is 0 Å². The molecule has 0 saturated heterocycles. The van der Waals surface area contributed by atoms with Gasteiger partial charge in [0.15, 0.2) is 0 Å². The third-order valence-electron chi connectivity index (χ3n) is 4.72. The molecule has 3 aromatic rings. The molecular formula is C22H20N2O. The van der Waals surface area contributed by atoms with Crippen LogP contribution in [-0.4, -0.2) is 10.5 Å². The van der Waals surface area contributed by atoms with Crippen molar-refractivity contribution in [2.24, 2.45) is 0 Å². The lowest BCUT2D eigenvalue weighted by molar-refractivity contribution is -0.110. The summed E-state index contributed by atoms with van der Waals surface area (Å²) in [6.45, 7) is 5.00. The van der Waals surface area contributed by atoms with Gasteiger partial charge in [-0.3, -0.25) is 4.79 Å². The molecule has 0 bridgehead atoms. The van der Waals surface area contributed by atoms with E-state index in [1.165, 1.54) is 16.8 Å². The van der Waals surface area contributed by atoms with Crippen LogP contribution in [0, 0.1) is 13.8 Å². The molecule has 1 aliphatic rings. The molecule has 0 fully saturated rings. The van der Waals surface area contributed by atoms with Gasteiger partial charge in [-0.05, 0) is 43.2 Å². The van der Waals surface area contributed by atoms with Crippen LogP contribution in [0.4, 0.5) is 5.69 Å². The fraction of sp³-hybridized carbons (Fsp3) is 0.136. The molecule has 124 valence electrons. The first-order valence-corrected chi connectivity index (χ1v) is 8.46. The second kappa shape index (κ2) is 6.10. The van der Waals surface area contributed by atoms with E-state index in [2.05, 4.69) is 54.1 Å². The molecule has 2 aromatic carbocycles. The maximum absolute atomic E-state index is 12.4. The number of hydrogen-bond donors (Lipinski definition) is 1. The number of anilines is 1. The fourth-order valence-electron chi connectivity index (χ4n) is 3.45. The number of benzene rings is 2. The molecule has 0 atom stereocenters. The van der Waals surface area contributed by atoms with Crippen molar-refractivity contribution in [2.75, 3.05) is 5.32 Å². The van der Waals surface area contributed by atoms with Crippen molar-refractivity contribution in [2.45, 2.75) is 20.4 Å². The average molecular weight is 328 g/mol. The van der Waals surface area contributed by atoms with Crippen molar-refractivity contribution in [1.82, 2.24) is 4.57 Å². The van der Waals surface area contributed by atoms with Gasteiger partial charge in [-0.1, -0.05) is 48.5 Å². The first kappa shape index (κ1) is 15.5. The molecule has 1 aromatic heterocycles. The highest BCUT2D eigenvalue weighted by Crippen LogP contribution is 2.33. The van der Waals surface area contributed by atoms with Gasteiger partial charge in [-0.2, -0.15) is 0 Å². The molecule has 3 nitrogen and oxygen atoms in total. The summed E-state index contributed by atoms with van der Waals surface area (Å²) in [6.07, 6.45) is 2.02. The molecule has 1 N–H and O–H groups in total. The third kappa shape index (κ3) is 2.78. The van der Waals surface area contributed by atoms with Crippen molar-refractivity contribution in [3.05, 3.63) is 88.7 Å². The summed E-state index contributed by atoms with van der Waals surface area (Å²) in [5.74, 6) is -0.0364. The Morgan fingerprint density at radius 2 is 1.72 bits per heavy atom. The molecule has 1 amide bonds. The number of rotatable bonds is 3. The van der Waals surface area contributed by atoms with Crippen molar-refractivity contribution in [3.63, 3.8) is 0 Å². The smallest absolute Gasteiger partial charge is 0.256 e. The quantitative estimate of drug-likeness (QED) is 0.698. The van der Waals surface area contributed by atoms with Gasteiger partial charge < -0.3 is 9.88 Å². The van der Waals surface area contributed by atoms with E-state index in [1.807, 2.05) is 36.4 Å². The monoisotopic (exact) mass is 328 g/mol. The minimum atomic E-state index is -0.0364. The van der Waals surface area contributed by atoms with Crippen LogP contribution in [0.1, 0.15) is 28.1 Å². The van der Waals surface area contributed by atoms with E-state index in [1.54, 1.807) is 0 Å². The van der Waals surface area contributed by atoms with Gasteiger partial charge in [0, 0.05) is 29.2 Å². The lowest BCUT2D eigenvalue weighted by atomic mass is 10.1. The van der Waals surface area contributed by atoms with Gasteiger partial charge >= 0.3 is 0 Å². The van der Waals surface area contributed by atoms with Crippen molar-refractivity contribution < 1.29 is 4.79 Å². The van der Waals surface area contributed by atoms with Crippen molar-refractivity contribution >= 4 is 23.2 Å². The van der Waals surface area contributed by atoms with Crippen LogP contribution in [0.3, 0.4) is 0 Å². The number of amides is 1. The van der Waals surface area contributed by atoms with Gasteiger partial charge in [0.2, 0.25) is 0 Å². The van der Waals surface area contributed by atoms with E-state index in [9.17, 15) is 4.79 Å². The summed E-state index contributed by atoms with van der Waals surface area (Å²) in [5.41, 5.74) is 7.29. The van der Waals surface area contributed by atoms with Gasteiger partial charge in [0.25, 0.3) is 5.91 Å². The minimum Gasteiger partial charge on any atom is -0.341 e. The van der Waals surface area contributed by atoms with Crippen LogP contribution < -0.4 is 5.32 Å². The topological polar surface area (TPSA) is 34.0 Å². The Labute approximate surface area is 147 Å². The summed E-state index contributed by atoms with van der Waals surface area (Å²) < 4.78 is 2.27. The van der Waals surface area contributed by atoms with Crippen LogP contribution in [0.15, 0.2) is 60.7 Å². The average Bonchev–Trinajstić information content (AvgIpc) is 3.07. The predicted molar refractivity (Wildman–Crippen MR) is 102 cm³/mol. The number of aromatic nitrogens is 1. The molecule has 0 spiro atoms. The van der Waals surface area contributed by atoms with E-state index in [0.29, 0.717) is 0 Å². The molecule has 0 radical (unpaired) electrons. The second-order valence-electron chi connectivity index (χ2n) is 6.48. The highest BCUT2D eigenvalue weighted by Gasteiger charge is 2.24. The molecule has 0 saturated carbocycles. The second-order valence-corrected chi connectivity index (χ2v) is 6.48. The van der Waals surface area contributed by atoms with Crippen LogP contribution in [0.5, 0.6) is 0 Å². The standard InChI is InChI=1S/C22H20N2O/c1-15-12-16(2)24(14-17-8-4-3-5-9-17)21(15)13-19-18-10-6-7-11-20(18)23-22(19)25/h3-13H,14H2,1-2H3,(H,23,25). The lowest BCUT2D eigenvalue weighted by Crippen LogP contribution is -2.07. The number of para-hydroxylation sites is 1. The van der Waals surface area contributed by atoms with Gasteiger partial charge in [0.05, 0.1) is 5.57 Å². The molecular weight excluding hydrogens is 308 g/mol. The Hall–Kier alpha value is -3.07. The van der Waals surface area contributed by atoms with E-state index < -0.39 is 0 Å². The lowest BCUT2D eigenvalue weighted by Gasteiger charge is -2.11. The first-order chi connectivity index (χ1) is 12.1. The van der Waals surface area contributed by atoms with Gasteiger partial charge in [-0.25, -0.2) is 0 Å². The molecule has 25 heavy (non-hydrogen) atoms. The largest absolute Gasteiger partial charge is 0.341 e. The Balaban J connectivity index is 1.80. The molecule has 0 unspecified atom stereocenters. The molecule has 1 aliphatic heterocycles. The number of nitrogens with zero attached hydrogens (tertiary/aromatic N) is 1. The highest BCUT2D eigenvalue weighted by molar-refractivity contribution is 6.34. The van der Waals surface area contributed by atoms with Crippen LogP contribution in [-0.2, 0) is 11.3 Å². The Morgan fingerprint density at radius 1 is 1.00 bits per heavy atom. The number of fused-ring (bicyclic) bond motifs is 1. The summed E-state index contributed by atoms with van der Waals surface area (Å²) in [4.78, 5) is 12.4. The SMILES string of the molecule is Cc1cc(C)n(Cc2ccccc2)c1C=C1C(=O)Nc2ccccc21. The predicted octanol–water partition coefficient (Wildman–Crippen LogP) is 4.65. The number of aryl methyl sites for hydroxylation is 2. The number of carbonyl (C=O) groups is 1. The minimum absolute atomic E-state index is 0.0364. The summed E-state index contributed by atoms with van der Waals surface area (Å²) >= 11 is 0. The Bertz CT molecular complexity index is 981. The summed E-state index contributed by atoms with van der Waals surface area (Å²) in [7, 11) is 0. The highest BCUT2D eigenvalue weighted by atomic mass is 16.2. The third-order valence-corrected chi connectivity index (χ3v) is 4.72. The Kier molecular flexibility index (Phi) is 3.77. The number of nitrogens with one attached hydrogen (secondary N) is 1. The zero-order valence-corrected chi connectivity index (χ0v) is 14.4. The van der Waals surface area contributed by atoms with Crippen molar-refractivity contribution in [3.8, 4) is 0 Å². The molecule has 0 aliphatic carbocycles. The molecule has 3 heteroatoms. The summed E-state index contributed by atoms with van der Waals surface area (Å²) in [6, 6.07) is 20.4. The van der Waals surface area contributed by atoms with Gasteiger partial charge in [-0.15, -0.1) is 0 Å².